The zero-order valence-electron chi connectivity index (χ0n) is 16.1. The summed E-state index contributed by atoms with van der Waals surface area (Å²) in [6.45, 7) is 1.29. The van der Waals surface area contributed by atoms with Crippen LogP contribution >= 0.6 is 23.4 Å². The van der Waals surface area contributed by atoms with Gasteiger partial charge in [0, 0.05) is 16.5 Å². The quantitative estimate of drug-likeness (QED) is 0.662. The number of rotatable bonds is 6. The Morgan fingerprint density at radius 2 is 1.86 bits per heavy atom. The Bertz CT molecular complexity index is 870. The molecule has 0 aliphatic carbocycles. The second-order valence-electron chi connectivity index (χ2n) is 6.86. The number of carbonyl (C=O) groups is 2. The third-order valence-corrected chi connectivity index (χ3v) is 6.11. The average molecular weight is 419 g/mol. The summed E-state index contributed by atoms with van der Waals surface area (Å²) in [4.78, 5) is 30.7. The first-order valence-corrected chi connectivity index (χ1v) is 10.3. The summed E-state index contributed by atoms with van der Waals surface area (Å²) in [6, 6.07) is 12.7. The molecule has 2 aromatic carbocycles. The summed E-state index contributed by atoms with van der Waals surface area (Å²) < 4.78 is 5.19. The van der Waals surface area contributed by atoms with Gasteiger partial charge in [-0.15, -0.1) is 11.8 Å². The SMILES string of the molecule is COc1ccc(C2Sc3ccc(Cl)cc3N(CCCN(C)C)C(=O)C2=O)cc1. The van der Waals surface area contributed by atoms with Crippen LogP contribution in [0.3, 0.4) is 0 Å². The first-order chi connectivity index (χ1) is 13.4. The van der Waals surface area contributed by atoms with Crippen LogP contribution in [0.4, 0.5) is 5.69 Å². The van der Waals surface area contributed by atoms with E-state index in [9.17, 15) is 9.59 Å². The largest absolute Gasteiger partial charge is 0.497 e. The average Bonchev–Trinajstić information content (AvgIpc) is 2.78. The number of nitrogens with zero attached hydrogens (tertiary/aromatic N) is 2. The molecule has 5 nitrogen and oxygen atoms in total. The number of ketones is 1. The Balaban J connectivity index is 1.97. The van der Waals surface area contributed by atoms with E-state index in [2.05, 4.69) is 4.90 Å². The summed E-state index contributed by atoms with van der Waals surface area (Å²) in [6.07, 6.45) is 0.760. The van der Waals surface area contributed by atoms with E-state index in [1.165, 1.54) is 11.8 Å². The highest BCUT2D eigenvalue weighted by molar-refractivity contribution is 8.00. The molecule has 148 valence electrons. The number of hydrogen-bond acceptors (Lipinski definition) is 5. The van der Waals surface area contributed by atoms with E-state index < -0.39 is 16.9 Å². The van der Waals surface area contributed by atoms with Crippen molar-refractivity contribution in [3.63, 3.8) is 0 Å². The molecule has 1 aliphatic heterocycles. The van der Waals surface area contributed by atoms with Crippen LogP contribution in [0.15, 0.2) is 47.4 Å². The number of benzene rings is 2. The summed E-state index contributed by atoms with van der Waals surface area (Å²) >= 11 is 7.58. The molecular weight excluding hydrogens is 396 g/mol. The molecule has 3 rings (SSSR count). The predicted molar refractivity (Wildman–Crippen MR) is 114 cm³/mol. The van der Waals surface area contributed by atoms with Crippen molar-refractivity contribution in [1.82, 2.24) is 4.90 Å². The Morgan fingerprint density at radius 3 is 2.50 bits per heavy atom. The van der Waals surface area contributed by atoms with Crippen molar-refractivity contribution in [3.8, 4) is 5.75 Å². The molecule has 1 heterocycles. The minimum atomic E-state index is -0.600. The number of Topliss-reactive ketones (excluding diaryl/α,β-unsaturated/α-hetero) is 1. The highest BCUT2D eigenvalue weighted by Crippen LogP contribution is 2.45. The Hall–Kier alpha value is -2.02. The maximum atomic E-state index is 13.1. The molecule has 0 spiro atoms. The summed E-state index contributed by atoms with van der Waals surface area (Å²) in [5.41, 5.74) is 1.48. The van der Waals surface area contributed by atoms with Gasteiger partial charge in [0.05, 0.1) is 12.8 Å². The standard InChI is InChI=1S/C21H23ClN2O3S/c1-23(2)11-4-12-24-17-13-15(22)7-10-18(17)28-20(19(25)21(24)26)14-5-8-16(27-3)9-6-14/h5-10,13,20H,4,11-12H2,1-3H3. The maximum absolute atomic E-state index is 13.1. The van der Waals surface area contributed by atoms with Crippen LogP contribution in [0.25, 0.3) is 0 Å². The normalized spacial score (nSPS) is 16.9. The van der Waals surface area contributed by atoms with Crippen molar-refractivity contribution < 1.29 is 14.3 Å². The van der Waals surface area contributed by atoms with Crippen molar-refractivity contribution >= 4 is 40.7 Å². The second kappa shape index (κ2) is 8.99. The van der Waals surface area contributed by atoms with Gasteiger partial charge in [-0.3, -0.25) is 9.59 Å². The number of thioether (sulfide) groups is 1. The van der Waals surface area contributed by atoms with Crippen molar-refractivity contribution in [3.05, 3.63) is 53.1 Å². The lowest BCUT2D eigenvalue weighted by atomic mass is 10.1. The van der Waals surface area contributed by atoms with Crippen LogP contribution in [0, 0.1) is 0 Å². The minimum Gasteiger partial charge on any atom is -0.497 e. The smallest absolute Gasteiger partial charge is 0.295 e. The molecule has 1 atom stereocenters. The Labute approximate surface area is 174 Å². The first-order valence-electron chi connectivity index (χ1n) is 9.01. The van der Waals surface area contributed by atoms with Gasteiger partial charge < -0.3 is 14.5 Å². The van der Waals surface area contributed by atoms with Gasteiger partial charge in [0.25, 0.3) is 5.91 Å². The molecule has 0 radical (unpaired) electrons. The number of methoxy groups -OCH3 is 1. The van der Waals surface area contributed by atoms with Crippen molar-refractivity contribution in [1.29, 1.82) is 0 Å². The van der Waals surface area contributed by atoms with E-state index in [-0.39, 0.29) is 0 Å². The monoisotopic (exact) mass is 418 g/mol. The first kappa shape index (κ1) is 20.7. The molecule has 1 unspecified atom stereocenters. The number of ether oxygens (including phenoxy) is 1. The van der Waals surface area contributed by atoms with Crippen molar-refractivity contribution in [2.45, 2.75) is 16.6 Å². The minimum absolute atomic E-state index is 0.424. The van der Waals surface area contributed by atoms with E-state index >= 15 is 0 Å². The maximum Gasteiger partial charge on any atom is 0.295 e. The van der Waals surface area contributed by atoms with Crippen LogP contribution in [-0.4, -0.2) is 50.9 Å². The Morgan fingerprint density at radius 1 is 1.14 bits per heavy atom. The zero-order valence-corrected chi connectivity index (χ0v) is 17.7. The Kier molecular flexibility index (Phi) is 6.65. The molecule has 0 fully saturated rings. The third-order valence-electron chi connectivity index (χ3n) is 4.56. The predicted octanol–water partition coefficient (Wildman–Crippen LogP) is 4.05. The van der Waals surface area contributed by atoms with Gasteiger partial charge >= 0.3 is 0 Å². The van der Waals surface area contributed by atoms with Gasteiger partial charge in [-0.2, -0.15) is 0 Å². The molecule has 7 heteroatoms. The second-order valence-corrected chi connectivity index (χ2v) is 8.44. The summed E-state index contributed by atoms with van der Waals surface area (Å²) in [7, 11) is 5.56. The zero-order chi connectivity index (χ0) is 20.3. The molecule has 28 heavy (non-hydrogen) atoms. The number of carbonyl (C=O) groups excluding carboxylic acids is 2. The molecule has 0 aromatic heterocycles. The van der Waals surface area contributed by atoms with E-state index in [1.54, 1.807) is 36.3 Å². The molecule has 0 saturated heterocycles. The highest BCUT2D eigenvalue weighted by Gasteiger charge is 2.36. The molecule has 1 aliphatic rings. The fourth-order valence-electron chi connectivity index (χ4n) is 3.10. The van der Waals surface area contributed by atoms with Crippen LogP contribution in [0.5, 0.6) is 5.75 Å². The van der Waals surface area contributed by atoms with Crippen LogP contribution in [-0.2, 0) is 9.59 Å². The molecule has 2 aromatic rings. The highest BCUT2D eigenvalue weighted by atomic mass is 35.5. The number of fused-ring (bicyclic) bond motifs is 1. The fourth-order valence-corrected chi connectivity index (χ4v) is 4.46. The van der Waals surface area contributed by atoms with Crippen LogP contribution < -0.4 is 9.64 Å². The lowest BCUT2D eigenvalue weighted by Gasteiger charge is -2.23. The van der Waals surface area contributed by atoms with E-state index in [1.807, 2.05) is 32.3 Å². The van der Waals surface area contributed by atoms with Crippen molar-refractivity contribution in [2.24, 2.45) is 0 Å². The van der Waals surface area contributed by atoms with Gasteiger partial charge in [-0.05, 0) is 63.0 Å². The fraction of sp³-hybridized carbons (Fsp3) is 0.333. The van der Waals surface area contributed by atoms with Crippen LogP contribution in [0.2, 0.25) is 5.02 Å². The number of halogens is 1. The van der Waals surface area contributed by atoms with Gasteiger partial charge in [-0.1, -0.05) is 23.7 Å². The molecule has 1 amide bonds. The lowest BCUT2D eigenvalue weighted by Crippen LogP contribution is -2.38. The van der Waals surface area contributed by atoms with Gasteiger partial charge in [0.1, 0.15) is 11.0 Å². The van der Waals surface area contributed by atoms with E-state index in [0.717, 1.165) is 23.4 Å². The van der Waals surface area contributed by atoms with Gasteiger partial charge in [-0.25, -0.2) is 0 Å². The molecular formula is C21H23ClN2O3S. The number of anilines is 1. The molecule has 0 N–H and O–H groups in total. The van der Waals surface area contributed by atoms with Crippen LogP contribution in [0.1, 0.15) is 17.2 Å². The summed E-state index contributed by atoms with van der Waals surface area (Å²) in [5.74, 6) is -0.209. The van der Waals surface area contributed by atoms with Gasteiger partial charge in [0.2, 0.25) is 5.78 Å². The topological polar surface area (TPSA) is 49.9 Å². The van der Waals surface area contributed by atoms with E-state index in [4.69, 9.17) is 16.3 Å². The van der Waals surface area contributed by atoms with Gasteiger partial charge in [0.15, 0.2) is 0 Å². The molecule has 0 saturated carbocycles. The summed E-state index contributed by atoms with van der Waals surface area (Å²) in [5, 5.41) is -0.0581. The number of hydrogen-bond donors (Lipinski definition) is 0. The number of amides is 1. The van der Waals surface area contributed by atoms with E-state index in [0.29, 0.717) is 23.0 Å². The third kappa shape index (κ3) is 4.51. The molecule has 0 bridgehead atoms. The lowest BCUT2D eigenvalue weighted by molar-refractivity contribution is -0.136. The van der Waals surface area contributed by atoms with Crippen molar-refractivity contribution in [2.75, 3.05) is 39.2 Å².